The van der Waals surface area contributed by atoms with Gasteiger partial charge in [-0.15, -0.1) is 0 Å². The summed E-state index contributed by atoms with van der Waals surface area (Å²) in [6, 6.07) is 51.5. The van der Waals surface area contributed by atoms with E-state index < -0.39 is 0 Å². The number of aryl methyl sites for hydroxylation is 2. The third-order valence-electron chi connectivity index (χ3n) is 10.8. The summed E-state index contributed by atoms with van der Waals surface area (Å²) in [5.41, 5.74) is 28.4. The van der Waals surface area contributed by atoms with Crippen LogP contribution in [0.3, 0.4) is 0 Å². The topological polar surface area (TPSA) is 66.3 Å². The largest absolute Gasteiger partial charge is 1.00 e. The molecule has 6 nitrogen and oxygen atoms in total. The lowest BCUT2D eigenvalue weighted by Crippen LogP contribution is -3.00. The van der Waals surface area contributed by atoms with Crippen LogP contribution in [0.2, 0.25) is 0 Å². The molecule has 2 aromatic heterocycles. The number of nitrogens with zero attached hydrogens (tertiary/aromatic N) is 4. The summed E-state index contributed by atoms with van der Waals surface area (Å²) in [7, 11) is 4.24. The van der Waals surface area contributed by atoms with Crippen molar-refractivity contribution >= 4 is 55.9 Å². The second-order valence-corrected chi connectivity index (χ2v) is 14.2. The Morgan fingerprint density at radius 3 is 1.25 bits per heavy atom. The molecule has 0 radical (unpaired) electrons. The Balaban J connectivity index is 0.00000266. The second-order valence-electron chi connectivity index (χ2n) is 14.2. The molecule has 0 fully saturated rings. The number of halogens is 2. The Hall–Kier alpha value is -5.70. The Morgan fingerprint density at radius 2 is 0.857 bits per heavy atom. The fraction of sp³-hybridized carbons (Fsp3) is 0.125. The molecule has 8 aromatic rings. The van der Waals surface area contributed by atoms with Gasteiger partial charge < -0.3 is 55.2 Å². The van der Waals surface area contributed by atoms with Gasteiger partial charge in [-0.05, 0) is 85.6 Å². The molecule has 0 aliphatic heterocycles. The van der Waals surface area contributed by atoms with E-state index in [0.29, 0.717) is 0 Å². The molecule has 282 valence electrons. The van der Waals surface area contributed by atoms with E-state index >= 15 is 0 Å². The van der Waals surface area contributed by atoms with Crippen LogP contribution in [0.15, 0.2) is 158 Å². The van der Waals surface area contributed by atoms with E-state index in [1.807, 2.05) is 24.3 Å². The van der Waals surface area contributed by atoms with E-state index in [1.54, 1.807) is 0 Å². The lowest BCUT2D eigenvalue weighted by molar-refractivity contribution is -0.662. The van der Waals surface area contributed by atoms with E-state index in [-0.39, 0.29) is 34.0 Å². The first-order chi connectivity index (χ1) is 26.3. The lowest BCUT2D eigenvalue weighted by atomic mass is 10.00. The number of para-hydroxylation sites is 2. The molecule has 4 N–H and O–H groups in total. The van der Waals surface area contributed by atoms with Crippen LogP contribution in [0.1, 0.15) is 22.3 Å². The number of pyridine rings is 2. The molecule has 6 aromatic carbocycles. The Labute approximate surface area is 350 Å². The van der Waals surface area contributed by atoms with Gasteiger partial charge in [-0.1, -0.05) is 72.8 Å². The Bertz CT molecular complexity index is 2460. The molecule has 0 atom stereocenters. The molecule has 2 heterocycles. The van der Waals surface area contributed by atoms with Crippen LogP contribution in [-0.4, -0.2) is 14.1 Å². The van der Waals surface area contributed by atoms with E-state index in [0.717, 1.165) is 69.4 Å². The fourth-order valence-electron chi connectivity index (χ4n) is 7.76. The zero-order chi connectivity index (χ0) is 37.3. The zero-order valence-electron chi connectivity index (χ0n) is 32.1. The SMILES string of the molecule is Cc1c(N)ccc2c(N(C)c3ccccc3)cc[n+](Cc3cccc(-c4cccc(C[n+]5ccc(N(C)c6ccccc6)c6ccc(N)c(C)c65)c4)c3)c12.[Br-].[Br-]. The van der Waals surface area contributed by atoms with Crippen molar-refractivity contribution in [2.45, 2.75) is 26.9 Å². The molecule has 0 bridgehead atoms. The van der Waals surface area contributed by atoms with Crippen molar-refractivity contribution in [1.29, 1.82) is 0 Å². The molecule has 0 unspecified atom stereocenters. The van der Waals surface area contributed by atoms with Crippen LogP contribution in [0.4, 0.5) is 34.1 Å². The number of fused-ring (bicyclic) bond motifs is 2. The number of nitrogen functional groups attached to an aromatic ring is 2. The first-order valence-corrected chi connectivity index (χ1v) is 18.4. The number of anilines is 6. The van der Waals surface area contributed by atoms with Crippen molar-refractivity contribution in [2.75, 3.05) is 35.4 Å². The van der Waals surface area contributed by atoms with Gasteiger partial charge in [-0.25, -0.2) is 0 Å². The molecule has 0 saturated carbocycles. The summed E-state index contributed by atoms with van der Waals surface area (Å²) in [6.45, 7) is 5.68. The summed E-state index contributed by atoms with van der Waals surface area (Å²) in [5, 5.41) is 2.34. The first kappa shape index (κ1) is 40.0. The monoisotopic (exact) mass is 864 g/mol. The van der Waals surface area contributed by atoms with Crippen LogP contribution in [0, 0.1) is 13.8 Å². The number of aromatic nitrogens is 2. The number of hydrogen-bond acceptors (Lipinski definition) is 4. The normalized spacial score (nSPS) is 10.9. The molecular formula is C48H46Br2N6. The van der Waals surface area contributed by atoms with Gasteiger partial charge in [0.2, 0.25) is 11.0 Å². The van der Waals surface area contributed by atoms with Gasteiger partial charge in [0, 0.05) is 71.2 Å². The van der Waals surface area contributed by atoms with Gasteiger partial charge in [0.1, 0.15) is 0 Å². The molecule has 0 saturated heterocycles. The van der Waals surface area contributed by atoms with E-state index in [2.05, 4.69) is 181 Å². The molecule has 0 aliphatic carbocycles. The number of rotatable bonds is 9. The standard InChI is InChI=1S/C48H44N6.2BrH/c1-33-43(49)23-21-41-45(51(3)39-17-7-5-8-18-39)25-27-53(47(33)41)31-35-13-11-15-37(29-35)38-16-12-14-36(30-38)32-54-28-26-46(52(4)40-19-9-6-10-20-40)42-22-24-44(50)34(2)48(42)54;;/h5-30,49-50H,31-32H2,1-4H3;2*1H. The number of hydrogen-bond donors (Lipinski definition) is 2. The number of benzene rings is 6. The van der Waals surface area contributed by atoms with Gasteiger partial charge >= 0.3 is 0 Å². The Kier molecular flexibility index (Phi) is 12.1. The highest BCUT2D eigenvalue weighted by Gasteiger charge is 2.22. The van der Waals surface area contributed by atoms with Gasteiger partial charge in [0.25, 0.3) is 0 Å². The highest BCUT2D eigenvalue weighted by molar-refractivity contribution is 5.96. The summed E-state index contributed by atoms with van der Waals surface area (Å²) >= 11 is 0. The molecule has 8 heteroatoms. The third-order valence-corrected chi connectivity index (χ3v) is 10.8. The minimum absolute atomic E-state index is 0. The van der Waals surface area contributed by atoms with Gasteiger partial charge in [0.05, 0.1) is 22.1 Å². The van der Waals surface area contributed by atoms with Crippen LogP contribution in [0.25, 0.3) is 32.9 Å². The smallest absolute Gasteiger partial charge is 0.219 e. The van der Waals surface area contributed by atoms with Gasteiger partial charge in [-0.2, -0.15) is 9.13 Å². The molecule has 8 rings (SSSR count). The van der Waals surface area contributed by atoms with Crippen LogP contribution >= 0.6 is 0 Å². The van der Waals surface area contributed by atoms with Crippen molar-refractivity contribution in [2.24, 2.45) is 0 Å². The minimum Gasteiger partial charge on any atom is -1.00 e. The molecule has 0 amide bonds. The molecule has 56 heavy (non-hydrogen) atoms. The average Bonchev–Trinajstić information content (AvgIpc) is 3.21. The highest BCUT2D eigenvalue weighted by atomic mass is 79.9. The van der Waals surface area contributed by atoms with Crippen LogP contribution in [-0.2, 0) is 13.1 Å². The van der Waals surface area contributed by atoms with Crippen molar-refractivity contribution in [3.05, 3.63) is 180 Å². The second kappa shape index (κ2) is 17.0. The van der Waals surface area contributed by atoms with Crippen molar-refractivity contribution in [1.82, 2.24) is 0 Å². The third kappa shape index (κ3) is 7.72. The summed E-state index contributed by atoms with van der Waals surface area (Å²) in [6.07, 6.45) is 4.38. The maximum Gasteiger partial charge on any atom is 0.219 e. The molecule has 0 aliphatic rings. The van der Waals surface area contributed by atoms with Crippen molar-refractivity contribution in [3.63, 3.8) is 0 Å². The summed E-state index contributed by atoms with van der Waals surface area (Å²) < 4.78 is 4.65. The first-order valence-electron chi connectivity index (χ1n) is 18.4. The van der Waals surface area contributed by atoms with Crippen molar-refractivity contribution < 1.29 is 43.1 Å². The maximum atomic E-state index is 6.51. The molecule has 0 spiro atoms. The summed E-state index contributed by atoms with van der Waals surface area (Å²) in [5.74, 6) is 0. The summed E-state index contributed by atoms with van der Waals surface area (Å²) in [4.78, 5) is 4.48. The minimum atomic E-state index is 0. The predicted molar refractivity (Wildman–Crippen MR) is 226 cm³/mol. The van der Waals surface area contributed by atoms with E-state index in [4.69, 9.17) is 11.5 Å². The van der Waals surface area contributed by atoms with Gasteiger partial charge in [0.15, 0.2) is 25.5 Å². The predicted octanol–water partition coefficient (Wildman–Crippen LogP) is 3.66. The highest BCUT2D eigenvalue weighted by Crippen LogP contribution is 2.34. The Morgan fingerprint density at radius 1 is 0.464 bits per heavy atom. The number of nitrogens with two attached hydrogens (primary N) is 2. The quantitative estimate of drug-likeness (QED) is 0.172. The van der Waals surface area contributed by atoms with Gasteiger partial charge in [-0.3, -0.25) is 0 Å². The van der Waals surface area contributed by atoms with E-state index in [1.165, 1.54) is 33.0 Å². The van der Waals surface area contributed by atoms with Crippen molar-refractivity contribution in [3.8, 4) is 11.1 Å². The maximum absolute atomic E-state index is 6.51. The van der Waals surface area contributed by atoms with E-state index in [9.17, 15) is 0 Å². The molecular weight excluding hydrogens is 820 g/mol. The lowest BCUT2D eigenvalue weighted by Gasteiger charge is -2.21. The van der Waals surface area contributed by atoms with Crippen LogP contribution in [0.5, 0.6) is 0 Å². The average molecular weight is 867 g/mol. The fourth-order valence-corrected chi connectivity index (χ4v) is 7.76. The zero-order valence-corrected chi connectivity index (χ0v) is 35.3. The van der Waals surface area contributed by atoms with Crippen LogP contribution < -0.4 is 64.4 Å².